The monoisotopic (exact) mass is 468 g/mol. The molecule has 0 radical (unpaired) electrons. The molecule has 3 rings (SSSR count). The molecule has 9 heteroatoms. The third kappa shape index (κ3) is 5.82. The SMILES string of the molecule is COC(=O)[C@H](Cc1ccccc1)N(CCc1ccccc1)S(=O)(=O)c1ccccc1[N+](=O)[O-]. The van der Waals surface area contributed by atoms with E-state index in [4.69, 9.17) is 4.74 Å². The van der Waals surface area contributed by atoms with Crippen molar-refractivity contribution >= 4 is 21.7 Å². The van der Waals surface area contributed by atoms with Gasteiger partial charge in [0.25, 0.3) is 15.7 Å². The fraction of sp³-hybridized carbons (Fsp3) is 0.208. The summed E-state index contributed by atoms with van der Waals surface area (Å²) in [4.78, 5) is 23.1. The summed E-state index contributed by atoms with van der Waals surface area (Å²) in [5.41, 5.74) is 1.05. The van der Waals surface area contributed by atoms with Gasteiger partial charge in [0, 0.05) is 12.6 Å². The van der Waals surface area contributed by atoms with Gasteiger partial charge in [0.15, 0.2) is 4.90 Å². The highest BCUT2D eigenvalue weighted by Crippen LogP contribution is 2.29. The summed E-state index contributed by atoms with van der Waals surface area (Å²) < 4.78 is 33.5. The van der Waals surface area contributed by atoms with E-state index in [-0.39, 0.29) is 13.0 Å². The predicted molar refractivity (Wildman–Crippen MR) is 123 cm³/mol. The first-order valence-electron chi connectivity index (χ1n) is 10.3. The molecule has 0 aliphatic heterocycles. The molecule has 0 aliphatic rings. The molecule has 0 heterocycles. The molecule has 0 N–H and O–H groups in total. The number of carbonyl (C=O) groups is 1. The van der Waals surface area contributed by atoms with Gasteiger partial charge in [-0.25, -0.2) is 8.42 Å². The second-order valence-electron chi connectivity index (χ2n) is 7.30. The highest BCUT2D eigenvalue weighted by molar-refractivity contribution is 7.89. The maximum absolute atomic E-state index is 13.7. The third-order valence-electron chi connectivity index (χ3n) is 5.21. The van der Waals surface area contributed by atoms with Gasteiger partial charge in [-0.2, -0.15) is 4.31 Å². The molecule has 0 spiro atoms. The Morgan fingerprint density at radius 1 is 0.939 bits per heavy atom. The number of benzene rings is 3. The summed E-state index contributed by atoms with van der Waals surface area (Å²) in [6, 6.07) is 22.1. The minimum atomic E-state index is -4.43. The quantitative estimate of drug-likeness (QED) is 0.256. The molecule has 0 aliphatic carbocycles. The number of ether oxygens (including phenoxy) is 1. The summed E-state index contributed by atoms with van der Waals surface area (Å²) in [6.07, 6.45) is 0.366. The average Bonchev–Trinajstić information content (AvgIpc) is 2.84. The number of rotatable bonds is 10. The third-order valence-corrected chi connectivity index (χ3v) is 7.16. The van der Waals surface area contributed by atoms with Crippen LogP contribution in [0.25, 0.3) is 0 Å². The van der Waals surface area contributed by atoms with Gasteiger partial charge in [0.05, 0.1) is 12.0 Å². The molecule has 0 saturated heterocycles. The molecule has 0 amide bonds. The van der Waals surface area contributed by atoms with E-state index in [0.717, 1.165) is 21.5 Å². The number of sulfonamides is 1. The van der Waals surface area contributed by atoms with Gasteiger partial charge in [0.1, 0.15) is 6.04 Å². The number of para-hydroxylation sites is 1. The molecule has 33 heavy (non-hydrogen) atoms. The number of esters is 1. The van der Waals surface area contributed by atoms with Gasteiger partial charge in [-0.05, 0) is 30.0 Å². The standard InChI is InChI=1S/C24H24N2O6S/c1-32-24(27)22(18-20-12-6-3-7-13-20)25(17-16-19-10-4-2-5-11-19)33(30,31)23-15-9-8-14-21(23)26(28)29/h2-15,22H,16-18H2,1H3/t22-/m0/s1. The maximum Gasteiger partial charge on any atom is 0.324 e. The molecule has 0 saturated carbocycles. The van der Waals surface area contributed by atoms with E-state index in [1.54, 1.807) is 24.3 Å². The highest BCUT2D eigenvalue weighted by atomic mass is 32.2. The lowest BCUT2D eigenvalue weighted by Crippen LogP contribution is -2.48. The number of methoxy groups -OCH3 is 1. The minimum Gasteiger partial charge on any atom is -0.468 e. The molecule has 3 aromatic carbocycles. The summed E-state index contributed by atoms with van der Waals surface area (Å²) in [5, 5.41) is 11.6. The van der Waals surface area contributed by atoms with Crippen LogP contribution in [0, 0.1) is 10.1 Å². The average molecular weight is 469 g/mol. The fourth-order valence-corrected chi connectivity index (χ4v) is 5.29. The molecular weight excluding hydrogens is 444 g/mol. The van der Waals surface area contributed by atoms with Gasteiger partial charge in [0.2, 0.25) is 0 Å². The summed E-state index contributed by atoms with van der Waals surface area (Å²) in [5.74, 6) is -0.742. The number of hydrogen-bond donors (Lipinski definition) is 0. The predicted octanol–water partition coefficient (Wildman–Crippen LogP) is 3.61. The van der Waals surface area contributed by atoms with Crippen LogP contribution in [-0.2, 0) is 32.4 Å². The van der Waals surface area contributed by atoms with Crippen LogP contribution in [0.1, 0.15) is 11.1 Å². The van der Waals surface area contributed by atoms with Crippen molar-refractivity contribution in [2.75, 3.05) is 13.7 Å². The molecule has 0 bridgehead atoms. The van der Waals surface area contributed by atoms with E-state index in [1.165, 1.54) is 25.3 Å². The van der Waals surface area contributed by atoms with Crippen molar-refractivity contribution in [3.8, 4) is 0 Å². The first-order valence-corrected chi connectivity index (χ1v) is 11.7. The molecule has 0 aromatic heterocycles. The van der Waals surface area contributed by atoms with E-state index in [9.17, 15) is 23.3 Å². The largest absolute Gasteiger partial charge is 0.468 e. The molecular formula is C24H24N2O6S. The van der Waals surface area contributed by atoms with Gasteiger partial charge in [-0.1, -0.05) is 72.8 Å². The Kier molecular flexibility index (Phi) is 7.92. The summed E-state index contributed by atoms with van der Waals surface area (Å²) in [7, 11) is -3.24. The normalized spacial score (nSPS) is 12.3. The number of nitro benzene ring substituents is 1. The Hall–Kier alpha value is -3.56. The molecule has 1 atom stereocenters. The Bertz CT molecular complexity index is 1200. The number of nitro groups is 1. The maximum atomic E-state index is 13.7. The van der Waals surface area contributed by atoms with Crippen molar-refractivity contribution in [2.45, 2.75) is 23.8 Å². The zero-order valence-corrected chi connectivity index (χ0v) is 18.9. The number of hydrogen-bond acceptors (Lipinski definition) is 6. The molecule has 172 valence electrons. The van der Waals surface area contributed by atoms with E-state index in [0.29, 0.717) is 6.42 Å². The Labute approximate surface area is 192 Å². The van der Waals surface area contributed by atoms with E-state index >= 15 is 0 Å². The zero-order chi connectivity index (χ0) is 23.8. The van der Waals surface area contributed by atoms with Crippen LogP contribution in [0.5, 0.6) is 0 Å². The topological polar surface area (TPSA) is 107 Å². The first-order chi connectivity index (χ1) is 15.8. The smallest absolute Gasteiger partial charge is 0.324 e. The van der Waals surface area contributed by atoms with Gasteiger partial charge < -0.3 is 4.74 Å². The van der Waals surface area contributed by atoms with Crippen molar-refractivity contribution in [1.82, 2.24) is 4.31 Å². The van der Waals surface area contributed by atoms with Gasteiger partial charge in [-0.3, -0.25) is 14.9 Å². The fourth-order valence-electron chi connectivity index (χ4n) is 3.56. The minimum absolute atomic E-state index is 0.0577. The first kappa shape index (κ1) is 24.1. The second kappa shape index (κ2) is 10.8. The highest BCUT2D eigenvalue weighted by Gasteiger charge is 2.39. The number of nitrogens with zero attached hydrogens (tertiary/aromatic N) is 2. The second-order valence-corrected chi connectivity index (χ2v) is 9.16. The van der Waals surface area contributed by atoms with Crippen molar-refractivity contribution in [3.05, 3.63) is 106 Å². The van der Waals surface area contributed by atoms with Crippen LogP contribution in [0.4, 0.5) is 5.69 Å². The summed E-state index contributed by atoms with van der Waals surface area (Å²) in [6.45, 7) is -0.0645. The van der Waals surface area contributed by atoms with Crippen molar-refractivity contribution in [1.29, 1.82) is 0 Å². The van der Waals surface area contributed by atoms with E-state index in [2.05, 4.69) is 0 Å². The van der Waals surface area contributed by atoms with E-state index in [1.807, 2.05) is 36.4 Å². The number of carbonyl (C=O) groups excluding carboxylic acids is 1. The van der Waals surface area contributed by atoms with Gasteiger partial charge in [-0.15, -0.1) is 0 Å². The van der Waals surface area contributed by atoms with Crippen LogP contribution in [-0.4, -0.2) is 43.3 Å². The lowest BCUT2D eigenvalue weighted by molar-refractivity contribution is -0.387. The van der Waals surface area contributed by atoms with Crippen molar-refractivity contribution in [3.63, 3.8) is 0 Å². The van der Waals surface area contributed by atoms with Crippen LogP contribution < -0.4 is 0 Å². The molecule has 0 fully saturated rings. The van der Waals surface area contributed by atoms with Crippen molar-refractivity contribution < 1.29 is 22.9 Å². The lowest BCUT2D eigenvalue weighted by Gasteiger charge is -2.29. The lowest BCUT2D eigenvalue weighted by atomic mass is 10.1. The van der Waals surface area contributed by atoms with E-state index < -0.39 is 37.5 Å². The molecule has 0 unspecified atom stereocenters. The zero-order valence-electron chi connectivity index (χ0n) is 18.0. The van der Waals surface area contributed by atoms with Crippen LogP contribution >= 0.6 is 0 Å². The Morgan fingerprint density at radius 2 is 1.48 bits per heavy atom. The molecule has 8 nitrogen and oxygen atoms in total. The van der Waals surface area contributed by atoms with Crippen LogP contribution in [0.2, 0.25) is 0 Å². The Balaban J connectivity index is 2.09. The summed E-state index contributed by atoms with van der Waals surface area (Å²) >= 11 is 0. The van der Waals surface area contributed by atoms with Crippen LogP contribution in [0.3, 0.4) is 0 Å². The Morgan fingerprint density at radius 3 is 2.06 bits per heavy atom. The van der Waals surface area contributed by atoms with Crippen molar-refractivity contribution in [2.24, 2.45) is 0 Å². The van der Waals surface area contributed by atoms with Crippen LogP contribution in [0.15, 0.2) is 89.8 Å². The molecule has 3 aromatic rings. The van der Waals surface area contributed by atoms with Gasteiger partial charge >= 0.3 is 5.97 Å².